The van der Waals surface area contributed by atoms with Crippen LogP contribution in [-0.4, -0.2) is 35.5 Å². The molecule has 0 spiro atoms. The van der Waals surface area contributed by atoms with Crippen LogP contribution in [0.2, 0.25) is 0 Å². The molecular formula is C15H19NO3. The molecule has 19 heavy (non-hydrogen) atoms. The van der Waals surface area contributed by atoms with Gasteiger partial charge >= 0.3 is 5.97 Å². The van der Waals surface area contributed by atoms with Crippen molar-refractivity contribution in [3.63, 3.8) is 0 Å². The van der Waals surface area contributed by atoms with Crippen LogP contribution in [0.25, 0.3) is 0 Å². The Morgan fingerprint density at radius 2 is 2.16 bits per heavy atom. The molecule has 0 saturated carbocycles. The summed E-state index contributed by atoms with van der Waals surface area (Å²) in [5.41, 5.74) is 0.931. The second-order valence-corrected chi connectivity index (χ2v) is 4.43. The molecule has 0 aromatic heterocycles. The standard InChI is InChI=1S/C15H19NO3/c1-3-4-5-9-16(2)14(17)11-12-7-6-8-13(10-12)15(18)19/h3,6-8,10H,1,4-5,9,11H2,2H3,(H,18,19). The van der Waals surface area contributed by atoms with Crippen molar-refractivity contribution >= 4 is 11.9 Å². The number of carbonyl (C=O) groups is 2. The summed E-state index contributed by atoms with van der Waals surface area (Å²) < 4.78 is 0. The van der Waals surface area contributed by atoms with Gasteiger partial charge in [0, 0.05) is 13.6 Å². The molecule has 0 aliphatic heterocycles. The van der Waals surface area contributed by atoms with E-state index in [1.807, 2.05) is 6.08 Å². The maximum atomic E-state index is 11.9. The van der Waals surface area contributed by atoms with Crippen molar-refractivity contribution < 1.29 is 14.7 Å². The summed E-state index contributed by atoms with van der Waals surface area (Å²) in [5.74, 6) is -0.986. The Labute approximate surface area is 113 Å². The van der Waals surface area contributed by atoms with Gasteiger partial charge in [0.25, 0.3) is 0 Å². The Hall–Kier alpha value is -2.10. The average Bonchev–Trinajstić information content (AvgIpc) is 2.39. The molecule has 102 valence electrons. The molecule has 0 fully saturated rings. The smallest absolute Gasteiger partial charge is 0.335 e. The Morgan fingerprint density at radius 3 is 2.79 bits per heavy atom. The number of carbonyl (C=O) groups excluding carboxylic acids is 1. The fourth-order valence-corrected chi connectivity index (χ4v) is 1.72. The summed E-state index contributed by atoms with van der Waals surface area (Å²) in [7, 11) is 1.76. The fraction of sp³-hybridized carbons (Fsp3) is 0.333. The summed E-state index contributed by atoms with van der Waals surface area (Å²) >= 11 is 0. The zero-order valence-electron chi connectivity index (χ0n) is 11.1. The fourth-order valence-electron chi connectivity index (χ4n) is 1.72. The highest BCUT2D eigenvalue weighted by Gasteiger charge is 2.10. The van der Waals surface area contributed by atoms with Crippen LogP contribution >= 0.6 is 0 Å². The van der Waals surface area contributed by atoms with Crippen molar-refractivity contribution in [1.29, 1.82) is 0 Å². The second-order valence-electron chi connectivity index (χ2n) is 4.43. The molecule has 4 heteroatoms. The van der Waals surface area contributed by atoms with Crippen LogP contribution in [0.15, 0.2) is 36.9 Å². The van der Waals surface area contributed by atoms with Gasteiger partial charge in [0.15, 0.2) is 0 Å². The van der Waals surface area contributed by atoms with Gasteiger partial charge in [0.05, 0.1) is 12.0 Å². The lowest BCUT2D eigenvalue weighted by Crippen LogP contribution is -2.29. The minimum atomic E-state index is -0.978. The SMILES string of the molecule is C=CCCCN(C)C(=O)Cc1cccc(C(=O)O)c1. The summed E-state index contributed by atoms with van der Waals surface area (Å²) in [6, 6.07) is 6.48. The Kier molecular flexibility index (Phi) is 5.79. The number of unbranched alkanes of at least 4 members (excludes halogenated alkanes) is 1. The van der Waals surface area contributed by atoms with Crippen molar-refractivity contribution in [1.82, 2.24) is 4.90 Å². The quantitative estimate of drug-likeness (QED) is 0.605. The lowest BCUT2D eigenvalue weighted by molar-refractivity contribution is -0.129. The maximum Gasteiger partial charge on any atom is 0.335 e. The van der Waals surface area contributed by atoms with Gasteiger partial charge in [-0.25, -0.2) is 4.79 Å². The first-order valence-electron chi connectivity index (χ1n) is 6.21. The van der Waals surface area contributed by atoms with Gasteiger partial charge in [-0.3, -0.25) is 4.79 Å². The summed E-state index contributed by atoms with van der Waals surface area (Å²) in [6.07, 6.45) is 3.83. The molecule has 0 atom stereocenters. The predicted octanol–water partition coefficient (Wildman–Crippen LogP) is 2.35. The van der Waals surface area contributed by atoms with Gasteiger partial charge in [-0.05, 0) is 30.5 Å². The molecule has 4 nitrogen and oxygen atoms in total. The van der Waals surface area contributed by atoms with Crippen LogP contribution in [0.3, 0.4) is 0 Å². The average molecular weight is 261 g/mol. The molecule has 0 aliphatic rings. The molecule has 0 heterocycles. The van der Waals surface area contributed by atoms with Crippen LogP contribution in [0.4, 0.5) is 0 Å². The van der Waals surface area contributed by atoms with Gasteiger partial charge in [-0.2, -0.15) is 0 Å². The number of carboxylic acids is 1. The molecule has 1 aromatic rings. The van der Waals surface area contributed by atoms with Gasteiger partial charge in [-0.1, -0.05) is 18.2 Å². The Balaban J connectivity index is 2.58. The molecule has 1 amide bonds. The molecule has 0 unspecified atom stereocenters. The van der Waals surface area contributed by atoms with Gasteiger partial charge in [-0.15, -0.1) is 6.58 Å². The molecule has 0 radical (unpaired) electrons. The van der Waals surface area contributed by atoms with Gasteiger partial charge in [0.2, 0.25) is 5.91 Å². The molecule has 1 aromatic carbocycles. The minimum absolute atomic E-state index is 0.00778. The van der Waals surface area contributed by atoms with Crippen molar-refractivity contribution in [2.24, 2.45) is 0 Å². The summed E-state index contributed by atoms with van der Waals surface area (Å²) in [6.45, 7) is 4.32. The van der Waals surface area contributed by atoms with Crippen LogP contribution in [-0.2, 0) is 11.2 Å². The van der Waals surface area contributed by atoms with E-state index >= 15 is 0 Å². The van der Waals surface area contributed by atoms with E-state index in [0.717, 1.165) is 18.4 Å². The monoisotopic (exact) mass is 261 g/mol. The Bertz CT molecular complexity index is 468. The van der Waals surface area contributed by atoms with Crippen molar-refractivity contribution in [3.05, 3.63) is 48.0 Å². The van der Waals surface area contributed by atoms with Gasteiger partial charge < -0.3 is 10.0 Å². The third-order valence-corrected chi connectivity index (χ3v) is 2.86. The molecule has 1 N–H and O–H groups in total. The van der Waals surface area contributed by atoms with E-state index in [9.17, 15) is 9.59 Å². The highest BCUT2D eigenvalue weighted by Crippen LogP contribution is 2.08. The number of likely N-dealkylation sites (N-methyl/N-ethyl adjacent to an activating group) is 1. The summed E-state index contributed by atoms with van der Waals surface area (Å²) in [5, 5.41) is 8.89. The first-order valence-corrected chi connectivity index (χ1v) is 6.21. The van der Waals surface area contributed by atoms with Crippen LogP contribution in [0.5, 0.6) is 0 Å². The van der Waals surface area contributed by atoms with E-state index in [-0.39, 0.29) is 17.9 Å². The number of aromatic carboxylic acids is 1. The minimum Gasteiger partial charge on any atom is -0.478 e. The van der Waals surface area contributed by atoms with E-state index in [0.29, 0.717) is 6.54 Å². The van der Waals surface area contributed by atoms with E-state index in [4.69, 9.17) is 5.11 Å². The number of rotatable bonds is 7. The maximum absolute atomic E-state index is 11.9. The highest BCUT2D eigenvalue weighted by atomic mass is 16.4. The third-order valence-electron chi connectivity index (χ3n) is 2.86. The second kappa shape index (κ2) is 7.36. The van der Waals surface area contributed by atoms with Crippen LogP contribution in [0, 0.1) is 0 Å². The lowest BCUT2D eigenvalue weighted by Gasteiger charge is -2.16. The number of allylic oxidation sites excluding steroid dienone is 1. The van der Waals surface area contributed by atoms with Crippen molar-refractivity contribution in [3.8, 4) is 0 Å². The first kappa shape index (κ1) is 15.0. The van der Waals surface area contributed by atoms with E-state index in [1.54, 1.807) is 24.1 Å². The largest absolute Gasteiger partial charge is 0.478 e. The molecule has 0 aliphatic carbocycles. The number of hydrogen-bond acceptors (Lipinski definition) is 2. The topological polar surface area (TPSA) is 57.6 Å². The zero-order valence-corrected chi connectivity index (χ0v) is 11.1. The number of carboxylic acid groups (broad SMARTS) is 1. The number of hydrogen-bond donors (Lipinski definition) is 1. The molecule has 1 rings (SSSR count). The number of nitrogens with zero attached hydrogens (tertiary/aromatic N) is 1. The molecular weight excluding hydrogens is 242 g/mol. The van der Waals surface area contributed by atoms with Crippen LogP contribution < -0.4 is 0 Å². The van der Waals surface area contributed by atoms with Crippen LogP contribution in [0.1, 0.15) is 28.8 Å². The lowest BCUT2D eigenvalue weighted by atomic mass is 10.1. The Morgan fingerprint density at radius 1 is 1.42 bits per heavy atom. The molecule has 0 bridgehead atoms. The normalized spacial score (nSPS) is 9.95. The van der Waals surface area contributed by atoms with E-state index in [1.165, 1.54) is 12.1 Å². The zero-order chi connectivity index (χ0) is 14.3. The van der Waals surface area contributed by atoms with Crippen molar-refractivity contribution in [2.75, 3.05) is 13.6 Å². The first-order chi connectivity index (χ1) is 9.04. The number of amides is 1. The van der Waals surface area contributed by atoms with E-state index in [2.05, 4.69) is 6.58 Å². The third kappa shape index (κ3) is 4.95. The van der Waals surface area contributed by atoms with E-state index < -0.39 is 5.97 Å². The highest BCUT2D eigenvalue weighted by molar-refractivity contribution is 5.88. The van der Waals surface area contributed by atoms with Crippen molar-refractivity contribution in [2.45, 2.75) is 19.3 Å². The van der Waals surface area contributed by atoms with Gasteiger partial charge in [0.1, 0.15) is 0 Å². The molecule has 0 saturated heterocycles. The number of benzene rings is 1. The predicted molar refractivity (Wildman–Crippen MR) is 74.2 cm³/mol. The summed E-state index contributed by atoms with van der Waals surface area (Å²) in [4.78, 5) is 24.4.